The third-order valence-electron chi connectivity index (χ3n) is 5.42. The van der Waals surface area contributed by atoms with Crippen LogP contribution in [0.5, 0.6) is 0 Å². The lowest BCUT2D eigenvalue weighted by atomic mass is 9.74. The highest BCUT2D eigenvalue weighted by molar-refractivity contribution is 5.88. The van der Waals surface area contributed by atoms with E-state index in [1.54, 1.807) is 6.07 Å². The number of quaternary nitrogens is 1. The second-order valence-electron chi connectivity index (χ2n) is 6.77. The van der Waals surface area contributed by atoms with Gasteiger partial charge in [0.2, 0.25) is 0 Å². The van der Waals surface area contributed by atoms with Gasteiger partial charge in [-0.25, -0.2) is 0 Å². The van der Waals surface area contributed by atoms with E-state index in [9.17, 15) is 9.90 Å². The van der Waals surface area contributed by atoms with E-state index in [0.717, 1.165) is 18.4 Å². The van der Waals surface area contributed by atoms with Crippen molar-refractivity contribution < 1.29 is 9.90 Å². The molecule has 122 valence electrons. The molecule has 1 aromatic carbocycles. The summed E-state index contributed by atoms with van der Waals surface area (Å²) in [7, 11) is 0. The molecular weight excluding hydrogens is 274 g/mol. The monoisotopic (exact) mass is 303 g/mol. The number of carbonyl (C=O) groups is 1. The van der Waals surface area contributed by atoms with Crippen LogP contribution in [0.3, 0.4) is 0 Å². The summed E-state index contributed by atoms with van der Waals surface area (Å²) in [5.41, 5.74) is 2.91. The summed E-state index contributed by atoms with van der Waals surface area (Å²) in [4.78, 5) is 11.6. The standard InChI is InChI=1S/C19H26O2.H3N/c20-19(21)17-13-7-12-16(14-8-3-1-4-9-14)18(17)15-10-5-2-6-11-15;/h7,12-15H,1-6,8-11H2,(H,20,21);1H3. The molecule has 0 bridgehead atoms. The molecule has 0 aromatic heterocycles. The Kier molecular flexibility index (Phi) is 6.01. The van der Waals surface area contributed by atoms with Crippen LogP contribution in [-0.2, 0) is 0 Å². The second-order valence-corrected chi connectivity index (χ2v) is 6.77. The molecule has 2 aliphatic rings. The summed E-state index contributed by atoms with van der Waals surface area (Å²) in [5.74, 6) is 0.00739. The summed E-state index contributed by atoms with van der Waals surface area (Å²) >= 11 is 0. The molecule has 0 unspecified atom stereocenters. The van der Waals surface area contributed by atoms with Crippen molar-refractivity contribution in [1.82, 2.24) is 6.15 Å². The van der Waals surface area contributed by atoms with Gasteiger partial charge in [-0.2, -0.15) is 0 Å². The molecule has 3 nitrogen and oxygen atoms in total. The number of benzene rings is 1. The van der Waals surface area contributed by atoms with Crippen LogP contribution in [0, 0.1) is 0 Å². The average Bonchev–Trinajstić information content (AvgIpc) is 2.55. The molecule has 0 atom stereocenters. The first-order chi connectivity index (χ1) is 10.3. The van der Waals surface area contributed by atoms with Crippen LogP contribution in [0.25, 0.3) is 0 Å². The maximum atomic E-state index is 11.6. The molecule has 0 saturated heterocycles. The van der Waals surface area contributed by atoms with E-state index < -0.39 is 5.97 Å². The summed E-state index contributed by atoms with van der Waals surface area (Å²) < 4.78 is 0. The van der Waals surface area contributed by atoms with Gasteiger partial charge in [0, 0.05) is 5.56 Å². The molecule has 2 saturated carbocycles. The lowest BCUT2D eigenvalue weighted by Crippen LogP contribution is -2.26. The molecular formula is C19H29NO2. The minimum atomic E-state index is -0.992. The Balaban J connectivity index is 0.00000176. The SMILES string of the molecule is O=C([O-])c1cccc(C2CCCCC2)c1C1CCCCC1.[NH4+]. The van der Waals surface area contributed by atoms with Crippen LogP contribution >= 0.6 is 0 Å². The number of rotatable bonds is 3. The van der Waals surface area contributed by atoms with Crippen molar-refractivity contribution in [2.24, 2.45) is 0 Å². The highest BCUT2D eigenvalue weighted by Gasteiger charge is 2.26. The van der Waals surface area contributed by atoms with Gasteiger partial charge in [-0.3, -0.25) is 0 Å². The van der Waals surface area contributed by atoms with E-state index in [1.165, 1.54) is 56.9 Å². The van der Waals surface area contributed by atoms with Crippen LogP contribution in [-0.4, -0.2) is 5.97 Å². The summed E-state index contributed by atoms with van der Waals surface area (Å²) in [5, 5.41) is 11.6. The maximum absolute atomic E-state index is 11.6. The van der Waals surface area contributed by atoms with Crippen molar-refractivity contribution in [3.05, 3.63) is 34.9 Å². The van der Waals surface area contributed by atoms with E-state index in [0.29, 0.717) is 17.4 Å². The molecule has 1 aromatic rings. The Labute approximate surface area is 133 Å². The fourth-order valence-corrected chi connectivity index (χ4v) is 4.38. The molecule has 0 radical (unpaired) electrons. The Morgan fingerprint density at radius 3 is 1.95 bits per heavy atom. The fraction of sp³-hybridized carbons (Fsp3) is 0.632. The van der Waals surface area contributed by atoms with E-state index in [-0.39, 0.29) is 6.15 Å². The number of hydrogen-bond donors (Lipinski definition) is 1. The summed E-state index contributed by atoms with van der Waals surface area (Å²) in [6.07, 6.45) is 12.4. The highest BCUT2D eigenvalue weighted by atomic mass is 16.4. The smallest absolute Gasteiger partial charge is 0.0718 e. The zero-order chi connectivity index (χ0) is 14.7. The van der Waals surface area contributed by atoms with Crippen LogP contribution in [0.1, 0.15) is 97.5 Å². The molecule has 22 heavy (non-hydrogen) atoms. The van der Waals surface area contributed by atoms with Gasteiger partial charge in [-0.05, 0) is 48.6 Å². The predicted molar refractivity (Wildman–Crippen MR) is 88.4 cm³/mol. The first kappa shape index (κ1) is 17.0. The van der Waals surface area contributed by atoms with E-state index in [1.807, 2.05) is 6.07 Å². The number of carboxylic acids is 1. The molecule has 0 aliphatic heterocycles. The first-order valence-corrected chi connectivity index (χ1v) is 8.61. The number of carboxylic acid groups (broad SMARTS) is 1. The molecule has 2 fully saturated rings. The van der Waals surface area contributed by atoms with Crippen molar-refractivity contribution in [3.63, 3.8) is 0 Å². The van der Waals surface area contributed by atoms with Crippen LogP contribution < -0.4 is 11.3 Å². The van der Waals surface area contributed by atoms with Crippen LogP contribution in [0.2, 0.25) is 0 Å². The fourth-order valence-electron chi connectivity index (χ4n) is 4.38. The largest absolute Gasteiger partial charge is 0.545 e. The zero-order valence-electron chi connectivity index (χ0n) is 13.8. The normalized spacial score (nSPS) is 20.4. The molecule has 0 amide bonds. The van der Waals surface area contributed by atoms with Gasteiger partial charge < -0.3 is 16.1 Å². The Hall–Kier alpha value is -1.35. The van der Waals surface area contributed by atoms with Crippen molar-refractivity contribution >= 4 is 5.97 Å². The zero-order valence-corrected chi connectivity index (χ0v) is 13.8. The molecule has 2 aliphatic carbocycles. The van der Waals surface area contributed by atoms with Crippen molar-refractivity contribution in [3.8, 4) is 0 Å². The Bertz CT molecular complexity index is 500. The number of aromatic carboxylic acids is 1. The lowest BCUT2D eigenvalue weighted by Gasteiger charge is -2.31. The lowest BCUT2D eigenvalue weighted by molar-refractivity contribution is -0.255. The minimum absolute atomic E-state index is 0. The average molecular weight is 303 g/mol. The predicted octanol–water partition coefficient (Wildman–Crippen LogP) is 4.52. The first-order valence-electron chi connectivity index (χ1n) is 8.61. The van der Waals surface area contributed by atoms with Gasteiger partial charge in [-0.15, -0.1) is 0 Å². The van der Waals surface area contributed by atoms with E-state index >= 15 is 0 Å². The molecule has 3 heteroatoms. The Morgan fingerprint density at radius 1 is 0.864 bits per heavy atom. The van der Waals surface area contributed by atoms with Crippen molar-refractivity contribution in [1.29, 1.82) is 0 Å². The van der Waals surface area contributed by atoms with Gasteiger partial charge in [0.1, 0.15) is 0 Å². The van der Waals surface area contributed by atoms with Gasteiger partial charge in [-0.1, -0.05) is 56.7 Å². The van der Waals surface area contributed by atoms with Crippen molar-refractivity contribution in [2.45, 2.75) is 76.0 Å². The maximum Gasteiger partial charge on any atom is 0.0718 e. The minimum Gasteiger partial charge on any atom is -0.545 e. The topological polar surface area (TPSA) is 76.6 Å². The summed E-state index contributed by atoms with van der Waals surface area (Å²) in [6.45, 7) is 0. The second kappa shape index (κ2) is 7.77. The van der Waals surface area contributed by atoms with Gasteiger partial charge in [0.25, 0.3) is 0 Å². The number of carbonyl (C=O) groups excluding carboxylic acids is 1. The van der Waals surface area contributed by atoms with E-state index in [2.05, 4.69) is 6.07 Å². The van der Waals surface area contributed by atoms with Gasteiger partial charge >= 0.3 is 0 Å². The van der Waals surface area contributed by atoms with Crippen LogP contribution in [0.15, 0.2) is 18.2 Å². The Morgan fingerprint density at radius 2 is 1.41 bits per heavy atom. The molecule has 3 rings (SSSR count). The van der Waals surface area contributed by atoms with Gasteiger partial charge in [0.15, 0.2) is 0 Å². The third kappa shape index (κ3) is 3.52. The molecule has 0 spiro atoms. The molecule has 4 N–H and O–H groups in total. The molecule has 0 heterocycles. The van der Waals surface area contributed by atoms with Crippen LogP contribution in [0.4, 0.5) is 0 Å². The number of hydrogen-bond acceptors (Lipinski definition) is 2. The van der Waals surface area contributed by atoms with Gasteiger partial charge in [0.05, 0.1) is 5.97 Å². The quantitative estimate of drug-likeness (QED) is 0.891. The summed E-state index contributed by atoms with van der Waals surface area (Å²) in [6, 6.07) is 5.86. The van der Waals surface area contributed by atoms with E-state index in [4.69, 9.17) is 0 Å². The third-order valence-corrected chi connectivity index (χ3v) is 5.42. The highest BCUT2D eigenvalue weighted by Crippen LogP contribution is 2.42. The van der Waals surface area contributed by atoms with Crippen molar-refractivity contribution in [2.75, 3.05) is 0 Å².